The van der Waals surface area contributed by atoms with Gasteiger partial charge in [0.05, 0.1) is 11.7 Å². The van der Waals surface area contributed by atoms with Crippen LogP contribution in [-0.2, 0) is 6.42 Å². The summed E-state index contributed by atoms with van der Waals surface area (Å²) < 4.78 is 4.88. The molecule has 1 unspecified atom stereocenters. The van der Waals surface area contributed by atoms with E-state index in [1.165, 1.54) is 17.1 Å². The number of hydrogen-bond acceptors (Lipinski definition) is 4. The molecule has 3 nitrogen and oxygen atoms in total. The fraction of sp³-hybridized carbons (Fsp3) is 0.200. The molecule has 0 aliphatic carbocycles. The summed E-state index contributed by atoms with van der Waals surface area (Å²) in [7, 11) is 0. The summed E-state index contributed by atoms with van der Waals surface area (Å²) in [6.45, 7) is 0. The Labute approximate surface area is 101 Å². The molecule has 2 aromatic rings. The Morgan fingerprint density at radius 3 is 3.00 bits per heavy atom. The van der Waals surface area contributed by atoms with Crippen molar-refractivity contribution < 1.29 is 0 Å². The minimum Gasteiger partial charge on any atom is -0.322 e. The molecule has 2 rings (SSSR count). The molecule has 1 atom stereocenters. The summed E-state index contributed by atoms with van der Waals surface area (Å²) in [5, 5.41) is 5.86. The number of aromatic nitrogens is 2. The van der Waals surface area contributed by atoms with Crippen molar-refractivity contribution in [1.82, 2.24) is 9.59 Å². The molecular formula is C10H10BrN3S. The SMILES string of the molecule is NC(Cc1cccc(Br)c1)c1csnn1. The van der Waals surface area contributed by atoms with Crippen LogP contribution in [0.25, 0.3) is 0 Å². The van der Waals surface area contributed by atoms with Crippen molar-refractivity contribution >= 4 is 27.5 Å². The molecule has 0 radical (unpaired) electrons. The molecule has 2 N–H and O–H groups in total. The van der Waals surface area contributed by atoms with Crippen LogP contribution in [0.2, 0.25) is 0 Å². The fourth-order valence-electron chi connectivity index (χ4n) is 1.36. The Morgan fingerprint density at radius 2 is 2.33 bits per heavy atom. The van der Waals surface area contributed by atoms with E-state index in [1.807, 2.05) is 17.5 Å². The zero-order chi connectivity index (χ0) is 10.7. The molecule has 0 saturated carbocycles. The number of nitrogens with zero attached hydrogens (tertiary/aromatic N) is 2. The van der Waals surface area contributed by atoms with Gasteiger partial charge in [0.15, 0.2) is 0 Å². The minimum absolute atomic E-state index is 0.0713. The second-order valence-electron chi connectivity index (χ2n) is 3.27. The van der Waals surface area contributed by atoms with Gasteiger partial charge in [0, 0.05) is 9.85 Å². The van der Waals surface area contributed by atoms with Crippen LogP contribution in [-0.4, -0.2) is 9.59 Å². The van der Waals surface area contributed by atoms with Gasteiger partial charge >= 0.3 is 0 Å². The van der Waals surface area contributed by atoms with E-state index in [1.54, 1.807) is 0 Å². The minimum atomic E-state index is -0.0713. The van der Waals surface area contributed by atoms with E-state index >= 15 is 0 Å². The number of halogens is 1. The van der Waals surface area contributed by atoms with Gasteiger partial charge < -0.3 is 5.73 Å². The van der Waals surface area contributed by atoms with Gasteiger partial charge in [0.25, 0.3) is 0 Å². The highest BCUT2D eigenvalue weighted by Crippen LogP contribution is 2.17. The number of benzene rings is 1. The normalized spacial score (nSPS) is 12.7. The van der Waals surface area contributed by atoms with Crippen LogP contribution >= 0.6 is 27.5 Å². The number of nitrogens with two attached hydrogens (primary N) is 1. The lowest BCUT2D eigenvalue weighted by molar-refractivity contribution is 0.692. The van der Waals surface area contributed by atoms with Crippen molar-refractivity contribution in [3.63, 3.8) is 0 Å². The predicted octanol–water partition coefficient (Wildman–Crippen LogP) is 2.54. The van der Waals surface area contributed by atoms with Gasteiger partial charge in [-0.2, -0.15) is 0 Å². The van der Waals surface area contributed by atoms with Crippen molar-refractivity contribution in [1.29, 1.82) is 0 Å². The second-order valence-corrected chi connectivity index (χ2v) is 4.80. The Balaban J connectivity index is 2.09. The van der Waals surface area contributed by atoms with Crippen molar-refractivity contribution in [2.45, 2.75) is 12.5 Å². The maximum Gasteiger partial charge on any atom is 0.0925 e. The Morgan fingerprint density at radius 1 is 1.47 bits per heavy atom. The smallest absolute Gasteiger partial charge is 0.0925 e. The van der Waals surface area contributed by atoms with Gasteiger partial charge in [-0.1, -0.05) is 32.6 Å². The van der Waals surface area contributed by atoms with Crippen molar-refractivity contribution in [2.75, 3.05) is 0 Å². The zero-order valence-corrected chi connectivity index (χ0v) is 10.3. The first kappa shape index (κ1) is 10.7. The van der Waals surface area contributed by atoms with E-state index in [-0.39, 0.29) is 6.04 Å². The van der Waals surface area contributed by atoms with E-state index in [9.17, 15) is 0 Å². The lowest BCUT2D eigenvalue weighted by atomic mass is 10.1. The molecule has 0 aliphatic heterocycles. The molecule has 78 valence electrons. The quantitative estimate of drug-likeness (QED) is 0.942. The van der Waals surface area contributed by atoms with Gasteiger partial charge in [-0.15, -0.1) is 5.10 Å². The molecule has 0 fully saturated rings. The topological polar surface area (TPSA) is 51.8 Å². The lowest BCUT2D eigenvalue weighted by Gasteiger charge is -2.08. The summed E-state index contributed by atoms with van der Waals surface area (Å²) >= 11 is 4.77. The monoisotopic (exact) mass is 283 g/mol. The van der Waals surface area contributed by atoms with Gasteiger partial charge in [-0.3, -0.25) is 0 Å². The second kappa shape index (κ2) is 4.83. The van der Waals surface area contributed by atoms with Crippen LogP contribution in [0.3, 0.4) is 0 Å². The molecule has 0 spiro atoms. The van der Waals surface area contributed by atoms with Gasteiger partial charge in [0.1, 0.15) is 0 Å². The van der Waals surface area contributed by atoms with Gasteiger partial charge in [-0.25, -0.2) is 0 Å². The zero-order valence-electron chi connectivity index (χ0n) is 7.93. The largest absolute Gasteiger partial charge is 0.322 e. The van der Waals surface area contributed by atoms with E-state index in [4.69, 9.17) is 5.73 Å². The van der Waals surface area contributed by atoms with E-state index in [2.05, 4.69) is 37.6 Å². The molecule has 1 aromatic heterocycles. The van der Waals surface area contributed by atoms with Crippen LogP contribution in [0.4, 0.5) is 0 Å². The Hall–Kier alpha value is -0.780. The highest BCUT2D eigenvalue weighted by molar-refractivity contribution is 9.10. The number of hydrogen-bond donors (Lipinski definition) is 1. The fourth-order valence-corrected chi connectivity index (χ4v) is 2.32. The average molecular weight is 284 g/mol. The molecule has 5 heteroatoms. The third-order valence-corrected chi connectivity index (χ3v) is 3.12. The summed E-state index contributed by atoms with van der Waals surface area (Å²) in [4.78, 5) is 0. The highest BCUT2D eigenvalue weighted by Gasteiger charge is 2.09. The molecule has 15 heavy (non-hydrogen) atoms. The first-order chi connectivity index (χ1) is 7.25. The van der Waals surface area contributed by atoms with Crippen molar-refractivity contribution in [3.05, 3.63) is 45.4 Å². The van der Waals surface area contributed by atoms with Crippen LogP contribution < -0.4 is 5.73 Å². The van der Waals surface area contributed by atoms with Gasteiger partial charge in [-0.05, 0) is 35.6 Å². The molecule has 0 amide bonds. The predicted molar refractivity (Wildman–Crippen MR) is 64.7 cm³/mol. The summed E-state index contributed by atoms with van der Waals surface area (Å²) in [6.07, 6.45) is 0.783. The van der Waals surface area contributed by atoms with E-state index < -0.39 is 0 Å². The summed E-state index contributed by atoms with van der Waals surface area (Å²) in [5.41, 5.74) is 8.07. The maximum absolute atomic E-state index is 6.01. The first-order valence-electron chi connectivity index (χ1n) is 4.52. The van der Waals surface area contributed by atoms with E-state index in [0.29, 0.717) is 0 Å². The molecule has 0 bridgehead atoms. The third-order valence-electron chi connectivity index (χ3n) is 2.10. The molecular weight excluding hydrogens is 274 g/mol. The van der Waals surface area contributed by atoms with Crippen LogP contribution in [0.1, 0.15) is 17.3 Å². The van der Waals surface area contributed by atoms with Crippen LogP contribution in [0.5, 0.6) is 0 Å². The lowest BCUT2D eigenvalue weighted by Crippen LogP contribution is -2.13. The Kier molecular flexibility index (Phi) is 3.45. The molecule has 0 saturated heterocycles. The van der Waals surface area contributed by atoms with Gasteiger partial charge in [0.2, 0.25) is 0 Å². The van der Waals surface area contributed by atoms with Crippen molar-refractivity contribution in [3.8, 4) is 0 Å². The third kappa shape index (κ3) is 2.84. The summed E-state index contributed by atoms with van der Waals surface area (Å²) in [5.74, 6) is 0. The maximum atomic E-state index is 6.01. The summed E-state index contributed by atoms with van der Waals surface area (Å²) in [6, 6.07) is 8.06. The standard InChI is InChI=1S/C10H10BrN3S/c11-8-3-1-2-7(4-8)5-9(12)10-6-15-14-13-10/h1-4,6,9H,5,12H2. The van der Waals surface area contributed by atoms with Crippen LogP contribution in [0.15, 0.2) is 34.1 Å². The first-order valence-corrected chi connectivity index (χ1v) is 6.15. The Bertz CT molecular complexity index is 430. The highest BCUT2D eigenvalue weighted by atomic mass is 79.9. The average Bonchev–Trinajstić information content (AvgIpc) is 2.70. The molecule has 0 aliphatic rings. The number of rotatable bonds is 3. The van der Waals surface area contributed by atoms with E-state index in [0.717, 1.165) is 16.6 Å². The van der Waals surface area contributed by atoms with Crippen LogP contribution in [0, 0.1) is 0 Å². The molecule has 1 heterocycles. The van der Waals surface area contributed by atoms with Crippen molar-refractivity contribution in [2.24, 2.45) is 5.73 Å². The molecule has 1 aromatic carbocycles.